The van der Waals surface area contributed by atoms with Crippen LogP contribution in [0, 0.1) is 0 Å². The summed E-state index contributed by atoms with van der Waals surface area (Å²) >= 11 is 0. The lowest BCUT2D eigenvalue weighted by atomic mass is 10.2. The average molecular weight is 437 g/mol. The molecule has 1 aromatic heterocycles. The van der Waals surface area contributed by atoms with Crippen LogP contribution < -0.4 is 0 Å². The number of sulfonamides is 1. The summed E-state index contributed by atoms with van der Waals surface area (Å²) in [5.41, 5.74) is 1.56. The molecule has 0 radical (unpaired) electrons. The van der Waals surface area contributed by atoms with E-state index >= 15 is 0 Å². The molecule has 0 saturated carbocycles. The summed E-state index contributed by atoms with van der Waals surface area (Å²) in [6.45, 7) is 9.83. The van der Waals surface area contributed by atoms with Gasteiger partial charge in [0, 0.05) is 45.6 Å². The summed E-state index contributed by atoms with van der Waals surface area (Å²) in [6.07, 6.45) is 1.84. The highest BCUT2D eigenvalue weighted by Crippen LogP contribution is 2.24. The lowest BCUT2D eigenvalue weighted by Gasteiger charge is -2.26. The molecule has 3 rings (SSSR count). The molecule has 1 aliphatic heterocycles. The molecule has 9 heteroatoms. The monoisotopic (exact) mass is 436 g/mol. The van der Waals surface area contributed by atoms with Crippen molar-refractivity contribution in [2.75, 3.05) is 39.4 Å². The Morgan fingerprint density at radius 1 is 1.17 bits per heavy atom. The molecule has 166 valence electrons. The molecule has 0 unspecified atom stereocenters. The van der Waals surface area contributed by atoms with Gasteiger partial charge in [0.05, 0.1) is 29.1 Å². The summed E-state index contributed by atoms with van der Waals surface area (Å²) in [5.74, 6) is 0.934. The molecule has 2 aromatic rings. The maximum atomic E-state index is 12.9. The summed E-state index contributed by atoms with van der Waals surface area (Å²) in [4.78, 5) is 19.3. The number of hydrogen-bond donors (Lipinski definition) is 0. The molecule has 0 N–H and O–H groups in total. The lowest BCUT2D eigenvalue weighted by molar-refractivity contribution is -0.135. The smallest absolute Gasteiger partial charge is 0.243 e. The standard InChI is InChI=1S/C21H32N4O4S/c1-4-11-25-19-8-7-17(30(27,28)24(5-2)6-3)16-18(19)22-20(25)9-10-21(26)23-12-14-29-15-13-23/h7-8,16H,4-6,9-15H2,1-3H3. The zero-order chi connectivity index (χ0) is 21.7. The van der Waals surface area contributed by atoms with Gasteiger partial charge in [0.25, 0.3) is 0 Å². The van der Waals surface area contributed by atoms with Gasteiger partial charge >= 0.3 is 0 Å². The molecule has 1 saturated heterocycles. The van der Waals surface area contributed by atoms with Crippen molar-refractivity contribution in [3.8, 4) is 0 Å². The Balaban J connectivity index is 1.87. The SMILES string of the molecule is CCCn1c(CCC(=O)N2CCOCC2)nc2cc(S(=O)(=O)N(CC)CC)ccc21. The van der Waals surface area contributed by atoms with Crippen LogP contribution in [0.15, 0.2) is 23.1 Å². The van der Waals surface area contributed by atoms with Crippen molar-refractivity contribution in [2.24, 2.45) is 0 Å². The fraction of sp³-hybridized carbons (Fsp3) is 0.619. The van der Waals surface area contributed by atoms with Crippen LogP contribution in [0.2, 0.25) is 0 Å². The Hall–Kier alpha value is -1.97. The van der Waals surface area contributed by atoms with E-state index in [-0.39, 0.29) is 10.8 Å². The normalized spacial score (nSPS) is 15.3. The first-order valence-electron chi connectivity index (χ1n) is 10.8. The van der Waals surface area contributed by atoms with E-state index in [1.54, 1.807) is 12.1 Å². The maximum absolute atomic E-state index is 12.9. The van der Waals surface area contributed by atoms with E-state index in [0.717, 1.165) is 24.3 Å². The first-order chi connectivity index (χ1) is 14.4. The topological polar surface area (TPSA) is 84.7 Å². The van der Waals surface area contributed by atoms with Crippen molar-refractivity contribution < 1.29 is 17.9 Å². The van der Waals surface area contributed by atoms with Gasteiger partial charge in [0.15, 0.2) is 0 Å². The number of morpholine rings is 1. The Morgan fingerprint density at radius 2 is 1.87 bits per heavy atom. The van der Waals surface area contributed by atoms with Crippen molar-refractivity contribution in [3.05, 3.63) is 24.0 Å². The number of carbonyl (C=O) groups excluding carboxylic acids is 1. The number of fused-ring (bicyclic) bond motifs is 1. The van der Waals surface area contributed by atoms with Crippen molar-refractivity contribution in [1.29, 1.82) is 0 Å². The molecule has 30 heavy (non-hydrogen) atoms. The maximum Gasteiger partial charge on any atom is 0.243 e. The number of nitrogens with zero attached hydrogens (tertiary/aromatic N) is 4. The fourth-order valence-electron chi connectivity index (χ4n) is 3.89. The number of aryl methyl sites for hydroxylation is 2. The Labute approximate surface area is 178 Å². The number of amides is 1. The first kappa shape index (κ1) is 22.7. The summed E-state index contributed by atoms with van der Waals surface area (Å²) in [5, 5.41) is 0. The van der Waals surface area contributed by atoms with E-state index in [1.165, 1.54) is 4.31 Å². The lowest BCUT2D eigenvalue weighted by Crippen LogP contribution is -2.40. The highest BCUT2D eigenvalue weighted by molar-refractivity contribution is 7.89. The third kappa shape index (κ3) is 4.68. The molecule has 0 atom stereocenters. The minimum absolute atomic E-state index is 0.109. The highest BCUT2D eigenvalue weighted by Gasteiger charge is 2.23. The predicted octanol–water partition coefficient (Wildman–Crippen LogP) is 2.27. The molecule has 1 aliphatic rings. The van der Waals surface area contributed by atoms with E-state index in [2.05, 4.69) is 11.5 Å². The second-order valence-electron chi connectivity index (χ2n) is 7.41. The molecule has 1 fully saturated rings. The zero-order valence-electron chi connectivity index (χ0n) is 18.1. The van der Waals surface area contributed by atoms with Gasteiger partial charge in [0.2, 0.25) is 15.9 Å². The van der Waals surface area contributed by atoms with E-state index in [4.69, 9.17) is 9.72 Å². The Bertz CT molecular complexity index is 976. The van der Waals surface area contributed by atoms with Gasteiger partial charge in [-0.25, -0.2) is 13.4 Å². The summed E-state index contributed by atoms with van der Waals surface area (Å²) in [6, 6.07) is 5.15. The van der Waals surface area contributed by atoms with Gasteiger partial charge in [-0.05, 0) is 24.6 Å². The molecule has 8 nitrogen and oxygen atoms in total. The van der Waals surface area contributed by atoms with Crippen LogP contribution in [0.1, 0.15) is 39.4 Å². The number of hydrogen-bond acceptors (Lipinski definition) is 5. The Kier molecular flexibility index (Phi) is 7.49. The molecule has 0 aliphatic carbocycles. The van der Waals surface area contributed by atoms with Crippen LogP contribution in [0.3, 0.4) is 0 Å². The third-order valence-corrected chi connectivity index (χ3v) is 7.56. The zero-order valence-corrected chi connectivity index (χ0v) is 18.9. The third-order valence-electron chi connectivity index (χ3n) is 5.52. The summed E-state index contributed by atoms with van der Waals surface area (Å²) < 4.78 is 34.6. The largest absolute Gasteiger partial charge is 0.378 e. The van der Waals surface area contributed by atoms with Crippen molar-refractivity contribution in [1.82, 2.24) is 18.8 Å². The van der Waals surface area contributed by atoms with Crippen LogP contribution in [-0.4, -0.2) is 72.5 Å². The highest BCUT2D eigenvalue weighted by atomic mass is 32.2. The minimum Gasteiger partial charge on any atom is -0.378 e. The van der Waals surface area contributed by atoms with E-state index in [1.807, 2.05) is 24.8 Å². The second kappa shape index (κ2) is 9.89. The molecule has 2 heterocycles. The van der Waals surface area contributed by atoms with Gasteiger partial charge in [0.1, 0.15) is 5.82 Å². The number of benzene rings is 1. The van der Waals surface area contributed by atoms with Crippen LogP contribution in [0.25, 0.3) is 11.0 Å². The predicted molar refractivity (Wildman–Crippen MR) is 116 cm³/mol. The second-order valence-corrected chi connectivity index (χ2v) is 9.35. The van der Waals surface area contributed by atoms with Crippen LogP contribution in [0.5, 0.6) is 0 Å². The van der Waals surface area contributed by atoms with Gasteiger partial charge < -0.3 is 14.2 Å². The number of aromatic nitrogens is 2. The van der Waals surface area contributed by atoms with Crippen molar-refractivity contribution in [2.45, 2.75) is 51.5 Å². The van der Waals surface area contributed by atoms with Gasteiger partial charge in [-0.1, -0.05) is 20.8 Å². The molecule has 0 bridgehead atoms. The molecular weight excluding hydrogens is 404 g/mol. The fourth-order valence-corrected chi connectivity index (χ4v) is 5.36. The van der Waals surface area contributed by atoms with Crippen molar-refractivity contribution in [3.63, 3.8) is 0 Å². The number of carbonyl (C=O) groups is 1. The van der Waals surface area contributed by atoms with Gasteiger partial charge in [-0.15, -0.1) is 0 Å². The van der Waals surface area contributed by atoms with E-state index in [9.17, 15) is 13.2 Å². The number of rotatable bonds is 9. The van der Waals surface area contributed by atoms with E-state index in [0.29, 0.717) is 57.8 Å². The van der Waals surface area contributed by atoms with Gasteiger partial charge in [-0.2, -0.15) is 4.31 Å². The molecule has 1 aromatic carbocycles. The molecule has 0 spiro atoms. The average Bonchev–Trinajstić information content (AvgIpc) is 3.10. The van der Waals surface area contributed by atoms with Crippen LogP contribution >= 0.6 is 0 Å². The first-order valence-corrected chi connectivity index (χ1v) is 12.2. The summed E-state index contributed by atoms with van der Waals surface area (Å²) in [7, 11) is -3.54. The van der Waals surface area contributed by atoms with Crippen molar-refractivity contribution >= 4 is 27.0 Å². The van der Waals surface area contributed by atoms with Gasteiger partial charge in [-0.3, -0.25) is 4.79 Å². The molecule has 1 amide bonds. The van der Waals surface area contributed by atoms with E-state index < -0.39 is 10.0 Å². The van der Waals surface area contributed by atoms with Crippen LogP contribution in [-0.2, 0) is 32.5 Å². The number of ether oxygens (including phenoxy) is 1. The molecular formula is C21H32N4O4S. The number of imidazole rings is 1. The van der Waals surface area contributed by atoms with Crippen LogP contribution in [0.4, 0.5) is 0 Å². The quantitative estimate of drug-likeness (QED) is 0.602. The Morgan fingerprint density at radius 3 is 2.50 bits per heavy atom. The minimum atomic E-state index is -3.54.